The van der Waals surface area contributed by atoms with E-state index in [0.29, 0.717) is 10.9 Å². The summed E-state index contributed by atoms with van der Waals surface area (Å²) in [5, 5.41) is 0. The number of unbranched alkanes of at least 4 members (excludes halogenated alkanes) is 6. The normalized spacial score (nSPS) is 11.1. The standard InChI is InChI=1S/C18H31S/c1-3-5-7-12-16-19(17-13-8-6-4-2)18-14-10-9-11-15-18/h9-11,14-15H,3-8,12-13,16-17H2,1-2H3/q+1. The van der Waals surface area contributed by atoms with Gasteiger partial charge in [0.2, 0.25) is 0 Å². The molecule has 0 bridgehead atoms. The first-order chi connectivity index (χ1) is 9.38. The van der Waals surface area contributed by atoms with Crippen LogP contribution in [0.25, 0.3) is 0 Å². The molecule has 1 aromatic rings. The predicted octanol–water partition coefficient (Wildman–Crippen LogP) is 5.82. The highest BCUT2D eigenvalue weighted by Crippen LogP contribution is 2.18. The molecule has 0 radical (unpaired) electrons. The maximum atomic E-state index is 2.34. The first-order valence-electron chi connectivity index (χ1n) is 8.11. The van der Waals surface area contributed by atoms with Crippen LogP contribution >= 0.6 is 0 Å². The summed E-state index contributed by atoms with van der Waals surface area (Å²) in [6, 6.07) is 11.2. The summed E-state index contributed by atoms with van der Waals surface area (Å²) in [7, 11) is 0.505. The van der Waals surface area contributed by atoms with Crippen molar-refractivity contribution in [3.05, 3.63) is 30.3 Å². The molecule has 0 saturated heterocycles. The molecule has 0 unspecified atom stereocenters. The van der Waals surface area contributed by atoms with E-state index in [1.807, 2.05) is 0 Å². The zero-order chi connectivity index (χ0) is 13.8. The first-order valence-corrected chi connectivity index (χ1v) is 9.67. The average Bonchev–Trinajstić information content (AvgIpc) is 2.46. The Kier molecular flexibility index (Phi) is 9.98. The van der Waals surface area contributed by atoms with Crippen molar-refractivity contribution in [2.75, 3.05) is 11.5 Å². The number of hydrogen-bond acceptors (Lipinski definition) is 0. The molecule has 0 aliphatic carbocycles. The molecule has 0 nitrogen and oxygen atoms in total. The minimum atomic E-state index is 0.505. The van der Waals surface area contributed by atoms with E-state index in [9.17, 15) is 0 Å². The van der Waals surface area contributed by atoms with Crippen LogP contribution in [0.4, 0.5) is 0 Å². The lowest BCUT2D eigenvalue weighted by Gasteiger charge is -2.08. The van der Waals surface area contributed by atoms with Gasteiger partial charge in [-0.2, -0.15) is 0 Å². The Morgan fingerprint density at radius 3 is 1.68 bits per heavy atom. The monoisotopic (exact) mass is 279 g/mol. The van der Waals surface area contributed by atoms with Crippen LogP contribution in [0.1, 0.15) is 65.2 Å². The molecular weight excluding hydrogens is 248 g/mol. The minimum absolute atomic E-state index is 0.505. The fourth-order valence-electron chi connectivity index (χ4n) is 2.36. The van der Waals surface area contributed by atoms with Gasteiger partial charge in [0.25, 0.3) is 0 Å². The molecule has 0 N–H and O–H groups in total. The zero-order valence-electron chi connectivity index (χ0n) is 12.9. The van der Waals surface area contributed by atoms with E-state index in [1.165, 1.54) is 62.9 Å². The van der Waals surface area contributed by atoms with E-state index in [0.717, 1.165) is 0 Å². The second-order valence-electron chi connectivity index (χ2n) is 5.34. The van der Waals surface area contributed by atoms with Crippen molar-refractivity contribution in [2.24, 2.45) is 0 Å². The third-order valence-corrected chi connectivity index (χ3v) is 6.07. The van der Waals surface area contributed by atoms with Gasteiger partial charge in [0, 0.05) is 10.9 Å². The highest BCUT2D eigenvalue weighted by atomic mass is 32.2. The molecule has 0 aliphatic heterocycles. The largest absolute Gasteiger partial charge is 0.154 e. The lowest BCUT2D eigenvalue weighted by Crippen LogP contribution is -2.13. The van der Waals surface area contributed by atoms with Gasteiger partial charge in [-0.05, 0) is 37.8 Å². The lowest BCUT2D eigenvalue weighted by molar-refractivity contribution is 0.697. The number of hydrogen-bond donors (Lipinski definition) is 0. The van der Waals surface area contributed by atoms with Crippen molar-refractivity contribution in [3.63, 3.8) is 0 Å². The van der Waals surface area contributed by atoms with Gasteiger partial charge in [0.1, 0.15) is 11.5 Å². The Bertz CT molecular complexity index is 282. The van der Waals surface area contributed by atoms with E-state index >= 15 is 0 Å². The van der Waals surface area contributed by atoms with Gasteiger partial charge in [0.05, 0.1) is 0 Å². The second-order valence-corrected chi connectivity index (χ2v) is 7.61. The molecule has 1 heteroatoms. The summed E-state index contributed by atoms with van der Waals surface area (Å²) in [6.07, 6.45) is 11.2. The Hall–Kier alpha value is -0.430. The zero-order valence-corrected chi connectivity index (χ0v) is 13.7. The molecule has 0 spiro atoms. The first kappa shape index (κ1) is 16.6. The van der Waals surface area contributed by atoms with Gasteiger partial charge in [-0.3, -0.25) is 0 Å². The Morgan fingerprint density at radius 1 is 0.684 bits per heavy atom. The quantitative estimate of drug-likeness (QED) is 0.353. The lowest BCUT2D eigenvalue weighted by atomic mass is 10.2. The van der Waals surface area contributed by atoms with E-state index in [1.54, 1.807) is 4.90 Å². The molecule has 19 heavy (non-hydrogen) atoms. The van der Waals surface area contributed by atoms with Crippen molar-refractivity contribution < 1.29 is 0 Å². The van der Waals surface area contributed by atoms with E-state index in [4.69, 9.17) is 0 Å². The van der Waals surface area contributed by atoms with E-state index < -0.39 is 0 Å². The second kappa shape index (κ2) is 11.4. The van der Waals surface area contributed by atoms with Crippen molar-refractivity contribution in [1.82, 2.24) is 0 Å². The van der Waals surface area contributed by atoms with Crippen LogP contribution in [-0.2, 0) is 10.9 Å². The topological polar surface area (TPSA) is 0 Å². The van der Waals surface area contributed by atoms with Gasteiger partial charge in [-0.1, -0.05) is 57.7 Å². The van der Waals surface area contributed by atoms with Crippen LogP contribution in [0.2, 0.25) is 0 Å². The summed E-state index contributed by atoms with van der Waals surface area (Å²) in [5.41, 5.74) is 0. The van der Waals surface area contributed by atoms with Crippen LogP contribution in [0.3, 0.4) is 0 Å². The minimum Gasteiger partial charge on any atom is -0.0654 e. The summed E-state index contributed by atoms with van der Waals surface area (Å²) in [4.78, 5) is 1.59. The third kappa shape index (κ3) is 7.67. The van der Waals surface area contributed by atoms with Crippen LogP contribution < -0.4 is 0 Å². The van der Waals surface area contributed by atoms with Crippen molar-refractivity contribution >= 4 is 10.9 Å². The van der Waals surface area contributed by atoms with Crippen LogP contribution in [0.5, 0.6) is 0 Å². The molecule has 0 heterocycles. The summed E-state index contributed by atoms with van der Waals surface area (Å²) >= 11 is 0. The van der Waals surface area contributed by atoms with Gasteiger partial charge in [-0.25, -0.2) is 0 Å². The number of rotatable bonds is 11. The highest BCUT2D eigenvalue weighted by molar-refractivity contribution is 7.96. The predicted molar refractivity (Wildman–Crippen MR) is 90.1 cm³/mol. The summed E-state index contributed by atoms with van der Waals surface area (Å²) < 4.78 is 0. The maximum absolute atomic E-state index is 2.34. The van der Waals surface area contributed by atoms with Gasteiger partial charge in [0.15, 0.2) is 4.90 Å². The van der Waals surface area contributed by atoms with Crippen LogP contribution in [-0.4, -0.2) is 11.5 Å². The molecule has 0 atom stereocenters. The summed E-state index contributed by atoms with van der Waals surface area (Å²) in [5.74, 6) is 2.83. The van der Waals surface area contributed by atoms with E-state index in [-0.39, 0.29) is 0 Å². The van der Waals surface area contributed by atoms with E-state index in [2.05, 4.69) is 44.2 Å². The van der Waals surface area contributed by atoms with Crippen molar-refractivity contribution in [1.29, 1.82) is 0 Å². The molecule has 0 saturated carbocycles. The van der Waals surface area contributed by atoms with Crippen LogP contribution in [0, 0.1) is 0 Å². The molecule has 108 valence electrons. The molecule has 0 fully saturated rings. The van der Waals surface area contributed by atoms with Crippen molar-refractivity contribution in [3.8, 4) is 0 Å². The number of benzene rings is 1. The fourth-order valence-corrected chi connectivity index (χ4v) is 4.68. The molecule has 0 amide bonds. The average molecular weight is 280 g/mol. The molecular formula is C18H31S+. The maximum Gasteiger partial charge on any atom is 0.154 e. The summed E-state index contributed by atoms with van der Waals surface area (Å²) in [6.45, 7) is 4.59. The highest BCUT2D eigenvalue weighted by Gasteiger charge is 2.20. The smallest absolute Gasteiger partial charge is 0.0654 e. The SMILES string of the molecule is CCCCCC[S+](CCCCCC)c1ccccc1. The van der Waals surface area contributed by atoms with Gasteiger partial charge < -0.3 is 0 Å². The van der Waals surface area contributed by atoms with Gasteiger partial charge in [-0.15, -0.1) is 0 Å². The Labute approximate surface area is 123 Å². The Balaban J connectivity index is 2.39. The molecule has 1 aromatic carbocycles. The van der Waals surface area contributed by atoms with Crippen LogP contribution in [0.15, 0.2) is 35.2 Å². The molecule has 1 rings (SSSR count). The Morgan fingerprint density at radius 2 is 1.21 bits per heavy atom. The molecule has 0 aliphatic rings. The molecule has 0 aromatic heterocycles. The van der Waals surface area contributed by atoms with Crippen molar-refractivity contribution in [2.45, 2.75) is 70.1 Å². The van der Waals surface area contributed by atoms with Gasteiger partial charge >= 0.3 is 0 Å². The fraction of sp³-hybridized carbons (Fsp3) is 0.667. The third-order valence-electron chi connectivity index (χ3n) is 3.57.